The lowest BCUT2D eigenvalue weighted by molar-refractivity contribution is -0.128. The Morgan fingerprint density at radius 2 is 1.96 bits per heavy atom. The number of halogens is 1. The molecule has 1 heterocycles. The maximum Gasteiger partial charge on any atom is 0.260 e. The summed E-state index contributed by atoms with van der Waals surface area (Å²) in [7, 11) is 0. The number of nitrogens with zero attached hydrogens (tertiary/aromatic N) is 1. The number of hydrogen-bond acceptors (Lipinski definition) is 3. The summed E-state index contributed by atoms with van der Waals surface area (Å²) in [5, 5.41) is 3.69. The van der Waals surface area contributed by atoms with Crippen LogP contribution < -0.4 is 10.1 Å². The molecule has 1 aliphatic carbocycles. The largest absolute Gasteiger partial charge is 0.479 e. The summed E-state index contributed by atoms with van der Waals surface area (Å²) < 4.78 is 5.78. The van der Waals surface area contributed by atoms with Gasteiger partial charge in [-0.05, 0) is 63.1 Å². The van der Waals surface area contributed by atoms with Crippen molar-refractivity contribution in [3.8, 4) is 5.75 Å². The number of likely N-dealkylation sites (tertiary alicyclic amines) is 1. The molecule has 4 nitrogen and oxygen atoms in total. The van der Waals surface area contributed by atoms with Gasteiger partial charge >= 0.3 is 0 Å². The Hall–Kier alpha value is -1.26. The van der Waals surface area contributed by atoms with Gasteiger partial charge in [0.25, 0.3) is 5.91 Å². The Balaban J connectivity index is 1.42. The molecule has 0 radical (unpaired) electrons. The van der Waals surface area contributed by atoms with Crippen molar-refractivity contribution in [3.63, 3.8) is 0 Å². The van der Waals surface area contributed by atoms with Crippen LogP contribution in [0.1, 0.15) is 51.0 Å². The first kappa shape index (κ1) is 19.5. The van der Waals surface area contributed by atoms with E-state index in [0.717, 1.165) is 37.4 Å². The highest BCUT2D eigenvalue weighted by Crippen LogP contribution is 2.27. The molecule has 0 spiro atoms. The van der Waals surface area contributed by atoms with Gasteiger partial charge in [-0.25, -0.2) is 0 Å². The number of ether oxygens (including phenoxy) is 1. The predicted molar refractivity (Wildman–Crippen MR) is 106 cm³/mol. The van der Waals surface area contributed by atoms with Crippen molar-refractivity contribution in [3.05, 3.63) is 28.8 Å². The molecule has 0 aromatic heterocycles. The third-order valence-corrected chi connectivity index (χ3v) is 6.00. The first-order valence-electron chi connectivity index (χ1n) is 9.97. The van der Waals surface area contributed by atoms with Gasteiger partial charge in [-0.1, -0.05) is 30.5 Å². The fraction of sp³-hybridized carbons (Fsp3) is 0.667. The van der Waals surface area contributed by atoms with Gasteiger partial charge < -0.3 is 15.0 Å². The normalized spacial score (nSPS) is 20.9. The van der Waals surface area contributed by atoms with Gasteiger partial charge in [-0.15, -0.1) is 0 Å². The SMILES string of the molecule is Cc1ccc(Cl)c(OC(C)C(=O)NC2CCN(CC3CCCC3)CC2)c1. The number of piperidine rings is 1. The molecule has 1 aromatic carbocycles. The molecule has 0 bridgehead atoms. The average molecular weight is 379 g/mol. The Morgan fingerprint density at radius 1 is 1.27 bits per heavy atom. The maximum absolute atomic E-state index is 12.5. The van der Waals surface area contributed by atoms with Crippen LogP contribution in [0.4, 0.5) is 0 Å². The fourth-order valence-corrected chi connectivity index (χ4v) is 4.24. The Kier molecular flexibility index (Phi) is 6.82. The maximum atomic E-state index is 12.5. The van der Waals surface area contributed by atoms with E-state index >= 15 is 0 Å². The average Bonchev–Trinajstić information content (AvgIpc) is 3.13. The molecule has 1 aromatic rings. The number of hydrogen-bond donors (Lipinski definition) is 1. The van der Waals surface area contributed by atoms with Crippen LogP contribution in [0.15, 0.2) is 18.2 Å². The van der Waals surface area contributed by atoms with Gasteiger partial charge in [0, 0.05) is 25.7 Å². The molecule has 1 saturated carbocycles. The molecule has 5 heteroatoms. The van der Waals surface area contributed by atoms with Crippen LogP contribution in [0.2, 0.25) is 5.02 Å². The van der Waals surface area contributed by atoms with E-state index in [0.29, 0.717) is 10.8 Å². The smallest absolute Gasteiger partial charge is 0.260 e. The molecule has 2 fully saturated rings. The molecule has 144 valence electrons. The lowest BCUT2D eigenvalue weighted by Gasteiger charge is -2.34. The van der Waals surface area contributed by atoms with E-state index in [-0.39, 0.29) is 11.9 Å². The van der Waals surface area contributed by atoms with E-state index in [1.807, 2.05) is 19.1 Å². The standard InChI is InChI=1S/C21H31ClN2O2/c1-15-7-8-19(22)20(13-15)26-16(2)21(25)23-18-9-11-24(12-10-18)14-17-5-3-4-6-17/h7-8,13,16-18H,3-6,9-12,14H2,1-2H3,(H,23,25). The van der Waals surface area contributed by atoms with Crippen molar-refractivity contribution >= 4 is 17.5 Å². The number of amides is 1. The number of nitrogens with one attached hydrogen (secondary N) is 1. The second kappa shape index (κ2) is 9.09. The van der Waals surface area contributed by atoms with Crippen LogP contribution in [0, 0.1) is 12.8 Å². The number of carbonyl (C=O) groups is 1. The highest BCUT2D eigenvalue weighted by atomic mass is 35.5. The van der Waals surface area contributed by atoms with Crippen LogP contribution in [0.5, 0.6) is 5.75 Å². The Morgan fingerprint density at radius 3 is 2.65 bits per heavy atom. The van der Waals surface area contributed by atoms with Gasteiger partial charge in [-0.2, -0.15) is 0 Å². The van der Waals surface area contributed by atoms with E-state index in [1.54, 1.807) is 13.0 Å². The fourth-order valence-electron chi connectivity index (χ4n) is 4.08. The molecule has 1 saturated heterocycles. The molecule has 1 aliphatic heterocycles. The number of aryl methyl sites for hydroxylation is 1. The van der Waals surface area contributed by atoms with Gasteiger partial charge in [-0.3, -0.25) is 4.79 Å². The van der Waals surface area contributed by atoms with E-state index in [2.05, 4.69) is 10.2 Å². The Labute approximate surface area is 162 Å². The zero-order chi connectivity index (χ0) is 18.5. The van der Waals surface area contributed by atoms with Gasteiger partial charge in [0.1, 0.15) is 5.75 Å². The third-order valence-electron chi connectivity index (χ3n) is 5.68. The Bertz CT molecular complexity index is 608. The van der Waals surface area contributed by atoms with Crippen molar-refractivity contribution in [1.29, 1.82) is 0 Å². The summed E-state index contributed by atoms with van der Waals surface area (Å²) in [5.41, 5.74) is 1.06. The van der Waals surface area contributed by atoms with Crippen molar-refractivity contribution in [2.75, 3.05) is 19.6 Å². The minimum Gasteiger partial charge on any atom is -0.479 e. The summed E-state index contributed by atoms with van der Waals surface area (Å²) in [6, 6.07) is 5.85. The quantitative estimate of drug-likeness (QED) is 0.807. The first-order valence-corrected chi connectivity index (χ1v) is 10.3. The second-order valence-electron chi connectivity index (χ2n) is 7.93. The van der Waals surface area contributed by atoms with Crippen LogP contribution in [-0.2, 0) is 4.79 Å². The molecule has 1 amide bonds. The minimum absolute atomic E-state index is 0.0585. The highest BCUT2D eigenvalue weighted by molar-refractivity contribution is 6.32. The van der Waals surface area contributed by atoms with Crippen LogP contribution in [0.25, 0.3) is 0 Å². The molecule has 1 N–H and O–H groups in total. The van der Waals surface area contributed by atoms with E-state index in [4.69, 9.17) is 16.3 Å². The zero-order valence-corrected chi connectivity index (χ0v) is 16.7. The lowest BCUT2D eigenvalue weighted by atomic mass is 10.0. The molecule has 1 atom stereocenters. The number of benzene rings is 1. The van der Waals surface area contributed by atoms with Crippen molar-refractivity contribution in [2.24, 2.45) is 5.92 Å². The van der Waals surface area contributed by atoms with Crippen LogP contribution >= 0.6 is 11.6 Å². The van der Waals surface area contributed by atoms with Crippen molar-refractivity contribution in [2.45, 2.75) is 64.5 Å². The molecule has 3 rings (SSSR count). The lowest BCUT2D eigenvalue weighted by Crippen LogP contribution is -2.48. The molecular weight excluding hydrogens is 348 g/mol. The van der Waals surface area contributed by atoms with Gasteiger partial charge in [0.15, 0.2) is 6.10 Å². The summed E-state index contributed by atoms with van der Waals surface area (Å²) in [6.45, 7) is 7.17. The highest BCUT2D eigenvalue weighted by Gasteiger charge is 2.26. The van der Waals surface area contributed by atoms with Crippen LogP contribution in [-0.4, -0.2) is 42.6 Å². The molecule has 26 heavy (non-hydrogen) atoms. The monoisotopic (exact) mass is 378 g/mol. The van der Waals surface area contributed by atoms with Crippen molar-refractivity contribution < 1.29 is 9.53 Å². The van der Waals surface area contributed by atoms with Gasteiger partial charge in [0.05, 0.1) is 5.02 Å². The molecule has 1 unspecified atom stereocenters. The number of rotatable bonds is 6. The summed E-state index contributed by atoms with van der Waals surface area (Å²) in [5.74, 6) is 1.41. The summed E-state index contributed by atoms with van der Waals surface area (Å²) in [4.78, 5) is 15.1. The minimum atomic E-state index is -0.550. The van der Waals surface area contributed by atoms with Crippen LogP contribution in [0.3, 0.4) is 0 Å². The topological polar surface area (TPSA) is 41.6 Å². The third kappa shape index (κ3) is 5.37. The predicted octanol–water partition coefficient (Wildman–Crippen LogP) is 4.19. The van der Waals surface area contributed by atoms with Crippen molar-refractivity contribution in [1.82, 2.24) is 10.2 Å². The van der Waals surface area contributed by atoms with E-state index in [9.17, 15) is 4.79 Å². The van der Waals surface area contributed by atoms with E-state index < -0.39 is 6.10 Å². The zero-order valence-electron chi connectivity index (χ0n) is 16.0. The summed E-state index contributed by atoms with van der Waals surface area (Å²) >= 11 is 6.16. The molecule has 2 aliphatic rings. The summed E-state index contributed by atoms with van der Waals surface area (Å²) in [6.07, 6.45) is 7.10. The molecular formula is C21H31ClN2O2. The number of carbonyl (C=O) groups excluding carboxylic acids is 1. The first-order chi connectivity index (χ1) is 12.5. The van der Waals surface area contributed by atoms with E-state index in [1.165, 1.54) is 32.2 Å². The second-order valence-corrected chi connectivity index (χ2v) is 8.34. The van der Waals surface area contributed by atoms with Gasteiger partial charge in [0.2, 0.25) is 0 Å².